The first-order chi connectivity index (χ1) is 14.9. The monoisotopic (exact) mass is 449 g/mol. The van der Waals surface area contributed by atoms with Crippen LogP contribution >= 0.6 is 22.9 Å². The highest BCUT2D eigenvalue weighted by molar-refractivity contribution is 7.08. The third kappa shape index (κ3) is 3.23. The summed E-state index contributed by atoms with van der Waals surface area (Å²) in [5.41, 5.74) is 4.07. The van der Waals surface area contributed by atoms with E-state index < -0.39 is 5.41 Å². The number of hydrogen-bond donors (Lipinski definition) is 2. The van der Waals surface area contributed by atoms with E-state index in [-0.39, 0.29) is 11.8 Å². The molecule has 0 atom stereocenters. The number of nitrogens with one attached hydrogen (secondary N) is 2. The average molecular weight is 450 g/mol. The number of fused-ring (bicyclic) bond motifs is 2. The second-order valence-electron chi connectivity index (χ2n) is 8.20. The fraction of sp³-hybridized carbons (Fsp3) is 0.167. The van der Waals surface area contributed by atoms with Gasteiger partial charge >= 0.3 is 0 Å². The molecule has 0 bridgehead atoms. The normalized spacial score (nSPS) is 14.8. The summed E-state index contributed by atoms with van der Waals surface area (Å²) >= 11 is 7.78. The topological polar surface area (TPSA) is 65.2 Å². The minimum atomic E-state index is -0.663. The van der Waals surface area contributed by atoms with Gasteiger partial charge < -0.3 is 15.2 Å². The largest absolute Gasteiger partial charge is 0.359 e. The molecule has 0 unspecified atom stereocenters. The van der Waals surface area contributed by atoms with Crippen molar-refractivity contribution in [3.05, 3.63) is 81.1 Å². The van der Waals surface area contributed by atoms with Crippen molar-refractivity contribution < 1.29 is 9.59 Å². The van der Waals surface area contributed by atoms with E-state index in [0.717, 1.165) is 33.4 Å². The first-order valence-corrected chi connectivity index (χ1v) is 11.2. The van der Waals surface area contributed by atoms with Crippen LogP contribution in [0.3, 0.4) is 0 Å². The molecule has 5 rings (SSSR count). The molecule has 3 heterocycles. The zero-order chi connectivity index (χ0) is 21.8. The number of amides is 2. The van der Waals surface area contributed by atoms with Crippen molar-refractivity contribution >= 4 is 57.0 Å². The van der Waals surface area contributed by atoms with Gasteiger partial charge in [0.05, 0.1) is 22.7 Å². The lowest BCUT2D eigenvalue weighted by Gasteiger charge is -2.20. The van der Waals surface area contributed by atoms with E-state index in [0.29, 0.717) is 17.1 Å². The summed E-state index contributed by atoms with van der Waals surface area (Å²) in [7, 11) is 0. The fourth-order valence-corrected chi connectivity index (χ4v) is 5.14. The number of hydrogen-bond acceptors (Lipinski definition) is 3. The van der Waals surface area contributed by atoms with Gasteiger partial charge in [0.1, 0.15) is 0 Å². The first-order valence-electron chi connectivity index (χ1n) is 9.91. The molecule has 0 aliphatic carbocycles. The highest BCUT2D eigenvalue weighted by Crippen LogP contribution is 2.43. The van der Waals surface area contributed by atoms with Gasteiger partial charge in [0.2, 0.25) is 5.91 Å². The number of carbonyl (C=O) groups is 2. The van der Waals surface area contributed by atoms with Crippen LogP contribution in [0.4, 0.5) is 11.4 Å². The molecule has 2 N–H and O–H groups in total. The van der Waals surface area contributed by atoms with Crippen LogP contribution in [0, 0.1) is 0 Å². The van der Waals surface area contributed by atoms with Crippen molar-refractivity contribution in [2.75, 3.05) is 10.2 Å². The van der Waals surface area contributed by atoms with Crippen molar-refractivity contribution in [2.45, 2.75) is 25.8 Å². The van der Waals surface area contributed by atoms with E-state index in [1.165, 1.54) is 11.3 Å². The number of nitrogens with zero attached hydrogens (tertiary/aromatic N) is 1. The molecule has 2 aromatic carbocycles. The molecule has 156 valence electrons. The Morgan fingerprint density at radius 1 is 1.19 bits per heavy atom. The molecule has 2 aromatic heterocycles. The van der Waals surface area contributed by atoms with Gasteiger partial charge in [-0.2, -0.15) is 11.3 Å². The van der Waals surface area contributed by atoms with Crippen molar-refractivity contribution in [3.63, 3.8) is 0 Å². The molecule has 0 fully saturated rings. The van der Waals surface area contributed by atoms with Crippen LogP contribution in [-0.4, -0.2) is 16.8 Å². The highest BCUT2D eigenvalue weighted by atomic mass is 35.5. The Morgan fingerprint density at radius 3 is 2.77 bits per heavy atom. The number of rotatable bonds is 4. The smallest absolute Gasteiger partial charge is 0.255 e. The van der Waals surface area contributed by atoms with Crippen LogP contribution in [0.1, 0.15) is 35.3 Å². The van der Waals surface area contributed by atoms with E-state index in [4.69, 9.17) is 11.6 Å². The zero-order valence-electron chi connectivity index (χ0n) is 17.0. The minimum absolute atomic E-state index is 0.000969. The number of H-pyrrole nitrogens is 1. The number of benzene rings is 2. The van der Waals surface area contributed by atoms with Crippen LogP contribution in [0.5, 0.6) is 0 Å². The molecule has 2 amide bonds. The number of carbonyl (C=O) groups excluding carboxylic acids is 2. The van der Waals surface area contributed by atoms with Crippen molar-refractivity contribution in [3.8, 4) is 0 Å². The van der Waals surface area contributed by atoms with E-state index in [1.54, 1.807) is 23.2 Å². The summed E-state index contributed by atoms with van der Waals surface area (Å²) in [5.74, 6) is -0.225. The lowest BCUT2D eigenvalue weighted by atomic mass is 9.86. The molecule has 1 aliphatic heterocycles. The van der Waals surface area contributed by atoms with Crippen molar-refractivity contribution in [2.24, 2.45) is 0 Å². The number of halogens is 1. The summed E-state index contributed by atoms with van der Waals surface area (Å²) in [5, 5.41) is 8.39. The standard InChI is InChI=1S/C24H20ClN3O2S/c1-24(2)17-8-7-14(22(29)27-20-10-26-19-6-4-3-5-16(19)20)9-21(17)28(23(24)30)11-15-12-31-13-18(15)25/h3-10,12-13,26H,11H2,1-2H3,(H,27,29). The Morgan fingerprint density at radius 2 is 2.00 bits per heavy atom. The second-order valence-corrected chi connectivity index (χ2v) is 9.35. The van der Waals surface area contributed by atoms with Crippen LogP contribution < -0.4 is 10.2 Å². The molecular formula is C24H20ClN3O2S. The van der Waals surface area contributed by atoms with Gasteiger partial charge in [-0.3, -0.25) is 9.59 Å². The molecule has 0 spiro atoms. The summed E-state index contributed by atoms with van der Waals surface area (Å²) in [6.45, 7) is 4.20. The predicted octanol–water partition coefficient (Wildman–Crippen LogP) is 5.96. The van der Waals surface area contributed by atoms with Gasteiger partial charge in [0.25, 0.3) is 5.91 Å². The Kier molecular flexibility index (Phi) is 4.64. The van der Waals surface area contributed by atoms with Gasteiger partial charge in [-0.1, -0.05) is 35.9 Å². The van der Waals surface area contributed by atoms with Crippen LogP contribution in [0.15, 0.2) is 59.4 Å². The van der Waals surface area contributed by atoms with E-state index in [1.807, 2.05) is 54.9 Å². The quantitative estimate of drug-likeness (QED) is 0.403. The van der Waals surface area contributed by atoms with Crippen LogP contribution in [0.25, 0.3) is 10.9 Å². The SMILES string of the molecule is CC1(C)C(=O)N(Cc2cscc2Cl)c2cc(C(=O)Nc3c[nH]c4ccccc34)ccc21. The predicted molar refractivity (Wildman–Crippen MR) is 126 cm³/mol. The lowest BCUT2D eigenvalue weighted by Crippen LogP contribution is -2.35. The molecule has 5 nitrogen and oxygen atoms in total. The van der Waals surface area contributed by atoms with E-state index in [9.17, 15) is 9.59 Å². The number of para-hydroxylation sites is 1. The first kappa shape index (κ1) is 19.8. The van der Waals surface area contributed by atoms with Gasteiger partial charge in [-0.25, -0.2) is 0 Å². The number of thiophene rings is 1. The van der Waals surface area contributed by atoms with Crippen LogP contribution in [-0.2, 0) is 16.8 Å². The Balaban J connectivity index is 1.49. The maximum atomic E-state index is 13.2. The highest BCUT2D eigenvalue weighted by Gasteiger charge is 2.44. The maximum Gasteiger partial charge on any atom is 0.255 e. The molecule has 0 radical (unpaired) electrons. The van der Waals surface area contributed by atoms with Gasteiger partial charge in [-0.05, 0) is 43.0 Å². The third-order valence-electron chi connectivity index (χ3n) is 5.86. The summed E-state index contributed by atoms with van der Waals surface area (Å²) in [4.78, 5) is 31.1. The minimum Gasteiger partial charge on any atom is -0.359 e. The Labute approximate surface area is 188 Å². The molecular weight excluding hydrogens is 430 g/mol. The van der Waals surface area contributed by atoms with E-state index in [2.05, 4.69) is 10.3 Å². The molecule has 7 heteroatoms. The van der Waals surface area contributed by atoms with Crippen LogP contribution in [0.2, 0.25) is 5.02 Å². The van der Waals surface area contributed by atoms with E-state index >= 15 is 0 Å². The molecule has 4 aromatic rings. The second kappa shape index (κ2) is 7.25. The Bertz CT molecular complexity index is 1340. The maximum absolute atomic E-state index is 13.2. The zero-order valence-corrected chi connectivity index (χ0v) is 18.6. The fourth-order valence-electron chi connectivity index (χ4n) is 4.10. The van der Waals surface area contributed by atoms with Crippen molar-refractivity contribution in [1.29, 1.82) is 0 Å². The van der Waals surface area contributed by atoms with Gasteiger partial charge in [0.15, 0.2) is 0 Å². The third-order valence-corrected chi connectivity index (χ3v) is 7.13. The van der Waals surface area contributed by atoms with Gasteiger partial charge in [-0.15, -0.1) is 0 Å². The molecule has 31 heavy (non-hydrogen) atoms. The molecule has 0 saturated heterocycles. The summed E-state index contributed by atoms with van der Waals surface area (Å²) in [6, 6.07) is 13.2. The molecule has 1 aliphatic rings. The number of aromatic amines is 1. The number of anilines is 2. The summed E-state index contributed by atoms with van der Waals surface area (Å²) in [6.07, 6.45) is 1.79. The van der Waals surface area contributed by atoms with Crippen molar-refractivity contribution in [1.82, 2.24) is 4.98 Å². The summed E-state index contributed by atoms with van der Waals surface area (Å²) < 4.78 is 0. The number of aromatic nitrogens is 1. The van der Waals surface area contributed by atoms with Gasteiger partial charge in [0, 0.05) is 39.3 Å². The molecule has 0 saturated carbocycles. The lowest BCUT2D eigenvalue weighted by molar-refractivity contribution is -0.122. The Hall–Kier alpha value is -3.09. The average Bonchev–Trinajstić information content (AvgIpc) is 3.41.